The summed E-state index contributed by atoms with van der Waals surface area (Å²) in [7, 11) is 1.94. The summed E-state index contributed by atoms with van der Waals surface area (Å²) < 4.78 is 7.74. The van der Waals surface area contributed by atoms with E-state index in [0.717, 1.165) is 23.0 Å². The number of fused-ring (bicyclic) bond motifs is 1. The first kappa shape index (κ1) is 13.8. The summed E-state index contributed by atoms with van der Waals surface area (Å²) in [5.74, 6) is 1.00. The molecule has 0 radical (unpaired) electrons. The highest BCUT2D eigenvalue weighted by molar-refractivity contribution is 7.15. The fourth-order valence-corrected chi connectivity index (χ4v) is 3.33. The van der Waals surface area contributed by atoms with Gasteiger partial charge in [-0.1, -0.05) is 0 Å². The fraction of sp³-hybridized carbons (Fsp3) is 0.615. The minimum absolute atomic E-state index is 0.0484. The number of rotatable bonds is 4. The van der Waals surface area contributed by atoms with Crippen molar-refractivity contribution in [3.05, 3.63) is 17.3 Å². The molecule has 6 nitrogen and oxygen atoms in total. The van der Waals surface area contributed by atoms with E-state index in [2.05, 4.69) is 27.7 Å². The number of nitrogens with one attached hydrogen (secondary N) is 1. The lowest BCUT2D eigenvalue weighted by Crippen LogP contribution is -2.50. The zero-order valence-corrected chi connectivity index (χ0v) is 12.6. The monoisotopic (exact) mass is 296 g/mol. The Kier molecular flexibility index (Phi) is 3.93. The molecular weight excluding hydrogens is 276 g/mol. The zero-order chi connectivity index (χ0) is 14.1. The van der Waals surface area contributed by atoms with Gasteiger partial charge in [0.2, 0.25) is 0 Å². The van der Waals surface area contributed by atoms with Gasteiger partial charge in [0.05, 0.1) is 31.1 Å². The predicted molar refractivity (Wildman–Crippen MR) is 79.5 cm³/mol. The van der Waals surface area contributed by atoms with Crippen molar-refractivity contribution in [1.82, 2.24) is 14.7 Å². The lowest BCUT2D eigenvalue weighted by Gasteiger charge is -2.38. The molecule has 7 heteroatoms. The van der Waals surface area contributed by atoms with Gasteiger partial charge in [0.15, 0.2) is 10.8 Å². The van der Waals surface area contributed by atoms with Gasteiger partial charge >= 0.3 is 0 Å². The van der Waals surface area contributed by atoms with Crippen LogP contribution in [-0.4, -0.2) is 53.4 Å². The van der Waals surface area contributed by atoms with Crippen molar-refractivity contribution in [2.75, 3.05) is 31.7 Å². The Bertz CT molecular complexity index is 582. The van der Waals surface area contributed by atoms with Gasteiger partial charge in [0, 0.05) is 24.7 Å². The fourth-order valence-electron chi connectivity index (χ4n) is 2.61. The third kappa shape index (κ3) is 2.31. The Morgan fingerprint density at radius 1 is 1.60 bits per heavy atom. The highest BCUT2D eigenvalue weighted by atomic mass is 32.1. The summed E-state index contributed by atoms with van der Waals surface area (Å²) in [6, 6.07) is 0.262. The van der Waals surface area contributed by atoms with Crippen molar-refractivity contribution >= 4 is 22.1 Å². The van der Waals surface area contributed by atoms with Gasteiger partial charge < -0.3 is 20.1 Å². The smallest absolute Gasteiger partial charge is 0.195 e. The van der Waals surface area contributed by atoms with Crippen molar-refractivity contribution in [3.63, 3.8) is 0 Å². The van der Waals surface area contributed by atoms with Gasteiger partial charge in [0.25, 0.3) is 0 Å². The summed E-state index contributed by atoms with van der Waals surface area (Å²) in [6.07, 6.45) is 1.92. The largest absolute Gasteiger partial charge is 0.394 e. The van der Waals surface area contributed by atoms with Crippen molar-refractivity contribution in [3.8, 4) is 0 Å². The Hall–Kier alpha value is -1.15. The third-order valence-corrected chi connectivity index (χ3v) is 4.42. The standard InChI is InChI=1S/C13H20N4O2S/c1-9-8-19-10(7-18)6-17(9)12-11(5-14-2)16-3-4-20-13(16)15-12/h3-4,9-10,14,18H,5-8H2,1-2H3. The van der Waals surface area contributed by atoms with Crippen molar-refractivity contribution < 1.29 is 9.84 Å². The van der Waals surface area contributed by atoms with E-state index in [4.69, 9.17) is 9.72 Å². The van der Waals surface area contributed by atoms with E-state index in [1.807, 2.05) is 12.4 Å². The van der Waals surface area contributed by atoms with Crippen LogP contribution in [0.4, 0.5) is 5.82 Å². The number of thiazole rings is 1. The summed E-state index contributed by atoms with van der Waals surface area (Å²) in [5.41, 5.74) is 1.16. The lowest BCUT2D eigenvalue weighted by molar-refractivity contribution is -0.0106. The zero-order valence-electron chi connectivity index (χ0n) is 11.7. The van der Waals surface area contributed by atoms with Gasteiger partial charge in [-0.05, 0) is 14.0 Å². The normalized spacial score (nSPS) is 23.6. The van der Waals surface area contributed by atoms with Crippen LogP contribution >= 0.6 is 11.3 Å². The number of morpholine rings is 1. The minimum atomic E-state index is -0.131. The molecule has 2 N–H and O–H groups in total. The number of anilines is 1. The van der Waals surface area contributed by atoms with Gasteiger partial charge in [-0.15, -0.1) is 11.3 Å². The van der Waals surface area contributed by atoms with Crippen LogP contribution in [0.15, 0.2) is 11.6 Å². The maximum Gasteiger partial charge on any atom is 0.195 e. The summed E-state index contributed by atoms with van der Waals surface area (Å²) in [5, 5.41) is 14.6. The van der Waals surface area contributed by atoms with E-state index in [1.54, 1.807) is 11.3 Å². The highest BCUT2D eigenvalue weighted by Crippen LogP contribution is 2.28. The van der Waals surface area contributed by atoms with Gasteiger partial charge in [-0.3, -0.25) is 4.40 Å². The van der Waals surface area contributed by atoms with Crippen molar-refractivity contribution in [1.29, 1.82) is 0 Å². The van der Waals surface area contributed by atoms with Crippen LogP contribution in [0.3, 0.4) is 0 Å². The summed E-state index contributed by atoms with van der Waals surface area (Å²) in [6.45, 7) is 4.24. The van der Waals surface area contributed by atoms with Crippen LogP contribution in [0.25, 0.3) is 4.96 Å². The molecule has 2 aromatic rings. The number of aromatic nitrogens is 2. The Balaban J connectivity index is 1.98. The molecule has 3 rings (SSSR count). The van der Waals surface area contributed by atoms with Gasteiger partial charge in [-0.25, -0.2) is 4.98 Å². The van der Waals surface area contributed by atoms with Crippen molar-refractivity contribution in [2.24, 2.45) is 0 Å². The molecule has 0 aromatic carbocycles. The lowest BCUT2D eigenvalue weighted by atomic mass is 10.2. The second-order valence-electron chi connectivity index (χ2n) is 5.11. The van der Waals surface area contributed by atoms with Crippen LogP contribution < -0.4 is 10.2 Å². The molecule has 0 bridgehead atoms. The van der Waals surface area contributed by atoms with E-state index in [0.29, 0.717) is 13.2 Å². The number of ether oxygens (including phenoxy) is 1. The average Bonchev–Trinajstić information content (AvgIpc) is 3.02. The first-order valence-corrected chi connectivity index (χ1v) is 7.70. The van der Waals surface area contributed by atoms with Crippen LogP contribution in [0.1, 0.15) is 12.6 Å². The molecule has 0 aliphatic carbocycles. The minimum Gasteiger partial charge on any atom is -0.394 e. The van der Waals surface area contributed by atoms with Crippen LogP contribution in [0.5, 0.6) is 0 Å². The van der Waals surface area contributed by atoms with E-state index >= 15 is 0 Å². The molecule has 3 heterocycles. The van der Waals surface area contributed by atoms with Crippen LogP contribution in [0.2, 0.25) is 0 Å². The third-order valence-electron chi connectivity index (χ3n) is 3.67. The molecule has 1 fully saturated rings. The molecule has 1 aliphatic rings. The van der Waals surface area contributed by atoms with Gasteiger partial charge in [0.1, 0.15) is 0 Å². The number of nitrogens with zero attached hydrogens (tertiary/aromatic N) is 3. The predicted octanol–water partition coefficient (Wildman–Crippen LogP) is 0.701. The SMILES string of the molecule is CNCc1c(N2CC(CO)OCC2C)nc2sccn12. The molecule has 0 spiro atoms. The first-order valence-electron chi connectivity index (χ1n) is 6.82. The van der Waals surface area contributed by atoms with Crippen molar-refractivity contribution in [2.45, 2.75) is 25.6 Å². The molecule has 2 atom stereocenters. The number of hydrogen-bond acceptors (Lipinski definition) is 6. The molecule has 0 saturated carbocycles. The Morgan fingerprint density at radius 3 is 3.20 bits per heavy atom. The maximum absolute atomic E-state index is 9.33. The molecule has 2 unspecified atom stereocenters. The van der Waals surface area contributed by atoms with E-state index in [-0.39, 0.29) is 18.8 Å². The van der Waals surface area contributed by atoms with Crippen LogP contribution in [-0.2, 0) is 11.3 Å². The van der Waals surface area contributed by atoms with E-state index in [9.17, 15) is 5.11 Å². The second kappa shape index (κ2) is 5.69. The van der Waals surface area contributed by atoms with Gasteiger partial charge in [-0.2, -0.15) is 0 Å². The molecule has 110 valence electrons. The second-order valence-corrected chi connectivity index (χ2v) is 5.98. The van der Waals surface area contributed by atoms with E-state index in [1.165, 1.54) is 0 Å². The number of imidazole rings is 1. The molecule has 1 saturated heterocycles. The maximum atomic E-state index is 9.33. The summed E-state index contributed by atoms with van der Waals surface area (Å²) in [4.78, 5) is 8.02. The molecular formula is C13H20N4O2S. The Labute approximate surface area is 122 Å². The number of aliphatic hydroxyl groups is 1. The first-order chi connectivity index (χ1) is 9.74. The quantitative estimate of drug-likeness (QED) is 0.870. The summed E-state index contributed by atoms with van der Waals surface area (Å²) >= 11 is 1.64. The molecule has 1 aliphatic heterocycles. The van der Waals surface area contributed by atoms with E-state index < -0.39 is 0 Å². The molecule has 2 aromatic heterocycles. The average molecular weight is 296 g/mol. The number of aliphatic hydroxyl groups excluding tert-OH is 1. The van der Waals surface area contributed by atoms with Crippen LogP contribution in [0, 0.1) is 0 Å². The molecule has 0 amide bonds. The Morgan fingerprint density at radius 2 is 2.45 bits per heavy atom. The molecule has 20 heavy (non-hydrogen) atoms. The highest BCUT2D eigenvalue weighted by Gasteiger charge is 2.29. The topological polar surface area (TPSA) is 62.0 Å². The number of hydrogen-bond donors (Lipinski definition) is 2.